The molecule has 0 spiro atoms. The summed E-state index contributed by atoms with van der Waals surface area (Å²) in [4.78, 5) is 10.0. The molecule has 2 heterocycles. The van der Waals surface area contributed by atoms with Crippen LogP contribution in [0.15, 0.2) is 126 Å². The molecule has 0 saturated carbocycles. The standard InChI is InChI=1S/C37H32BrN3O/c38-33-17-18-36-32(21-33)22-35(37(39-36)42-25-31-11-6-10-29-9-4-5-12-34(29)31)30-15-13-28(14-16-30)24-41-20-19-40(26-41)23-27-7-2-1-3-8-27/h1-18,21-22H,19-20,23-26H2. The second-order valence-electron chi connectivity index (χ2n) is 11.0. The maximum atomic E-state index is 6.49. The molecule has 0 aliphatic carbocycles. The molecule has 1 aromatic heterocycles. The van der Waals surface area contributed by atoms with E-state index in [1.165, 1.54) is 21.9 Å². The van der Waals surface area contributed by atoms with Gasteiger partial charge < -0.3 is 4.74 Å². The Morgan fingerprint density at radius 2 is 1.38 bits per heavy atom. The van der Waals surface area contributed by atoms with Crippen LogP contribution in [0.1, 0.15) is 16.7 Å². The van der Waals surface area contributed by atoms with Crippen molar-refractivity contribution in [3.05, 3.63) is 142 Å². The van der Waals surface area contributed by atoms with Crippen molar-refractivity contribution in [2.24, 2.45) is 0 Å². The third kappa shape index (κ3) is 5.95. The summed E-state index contributed by atoms with van der Waals surface area (Å²) in [6.07, 6.45) is 0. The Morgan fingerprint density at radius 1 is 0.667 bits per heavy atom. The van der Waals surface area contributed by atoms with Gasteiger partial charge in [-0.05, 0) is 57.3 Å². The molecule has 1 aliphatic heterocycles. The number of hydrogen-bond acceptors (Lipinski definition) is 4. The number of fused-ring (bicyclic) bond motifs is 2. The molecule has 42 heavy (non-hydrogen) atoms. The van der Waals surface area contributed by atoms with Crippen LogP contribution in [-0.2, 0) is 19.7 Å². The summed E-state index contributed by atoms with van der Waals surface area (Å²) in [5, 5.41) is 3.50. The number of halogens is 1. The highest BCUT2D eigenvalue weighted by Gasteiger charge is 2.20. The molecule has 5 aromatic carbocycles. The summed E-state index contributed by atoms with van der Waals surface area (Å²) < 4.78 is 7.52. The van der Waals surface area contributed by atoms with E-state index >= 15 is 0 Å². The highest BCUT2D eigenvalue weighted by atomic mass is 79.9. The van der Waals surface area contributed by atoms with Gasteiger partial charge in [-0.2, -0.15) is 0 Å². The largest absolute Gasteiger partial charge is 0.472 e. The summed E-state index contributed by atoms with van der Waals surface area (Å²) in [5.74, 6) is 0.654. The zero-order valence-electron chi connectivity index (χ0n) is 23.4. The second-order valence-corrected chi connectivity index (χ2v) is 11.9. The van der Waals surface area contributed by atoms with Gasteiger partial charge in [-0.15, -0.1) is 0 Å². The summed E-state index contributed by atoms with van der Waals surface area (Å²) in [7, 11) is 0. The van der Waals surface area contributed by atoms with Crippen LogP contribution in [0.25, 0.3) is 32.8 Å². The minimum Gasteiger partial charge on any atom is -0.472 e. The lowest BCUT2D eigenvalue weighted by Crippen LogP contribution is -2.24. The molecule has 0 radical (unpaired) electrons. The van der Waals surface area contributed by atoms with Crippen molar-refractivity contribution < 1.29 is 4.74 Å². The Labute approximate surface area is 255 Å². The number of ether oxygens (including phenoxy) is 1. The van der Waals surface area contributed by atoms with Crippen LogP contribution in [0.4, 0.5) is 0 Å². The van der Waals surface area contributed by atoms with Gasteiger partial charge in [0.1, 0.15) is 6.61 Å². The highest BCUT2D eigenvalue weighted by molar-refractivity contribution is 9.10. The predicted octanol–water partition coefficient (Wildman–Crippen LogP) is 8.67. The Bertz CT molecular complexity index is 1830. The van der Waals surface area contributed by atoms with Gasteiger partial charge in [0.2, 0.25) is 5.88 Å². The second kappa shape index (κ2) is 12.1. The van der Waals surface area contributed by atoms with Gasteiger partial charge in [-0.1, -0.05) is 113 Å². The Morgan fingerprint density at radius 3 is 2.19 bits per heavy atom. The van der Waals surface area contributed by atoms with Crippen LogP contribution in [0, 0.1) is 0 Å². The smallest absolute Gasteiger partial charge is 0.222 e. The molecule has 0 atom stereocenters. The molecule has 1 saturated heterocycles. The highest BCUT2D eigenvalue weighted by Crippen LogP contribution is 2.34. The van der Waals surface area contributed by atoms with Crippen molar-refractivity contribution in [1.82, 2.24) is 14.8 Å². The van der Waals surface area contributed by atoms with Crippen LogP contribution in [0.3, 0.4) is 0 Å². The van der Waals surface area contributed by atoms with Crippen molar-refractivity contribution in [2.45, 2.75) is 19.7 Å². The van der Waals surface area contributed by atoms with E-state index in [0.29, 0.717) is 12.5 Å². The van der Waals surface area contributed by atoms with Crippen molar-refractivity contribution in [1.29, 1.82) is 0 Å². The van der Waals surface area contributed by atoms with Crippen LogP contribution in [-0.4, -0.2) is 34.5 Å². The molecule has 0 bridgehead atoms. The Balaban J connectivity index is 1.11. The van der Waals surface area contributed by atoms with Crippen LogP contribution in [0.5, 0.6) is 5.88 Å². The summed E-state index contributed by atoms with van der Waals surface area (Å²) in [5.41, 5.74) is 6.86. The molecular weight excluding hydrogens is 582 g/mol. The fourth-order valence-corrected chi connectivity index (χ4v) is 6.24. The van der Waals surface area contributed by atoms with Gasteiger partial charge in [0.25, 0.3) is 0 Å². The fraction of sp³-hybridized carbons (Fsp3) is 0.162. The van der Waals surface area contributed by atoms with E-state index in [-0.39, 0.29) is 0 Å². The van der Waals surface area contributed by atoms with Gasteiger partial charge in [0.15, 0.2) is 0 Å². The van der Waals surface area contributed by atoms with Crippen LogP contribution in [0.2, 0.25) is 0 Å². The summed E-state index contributed by atoms with van der Waals surface area (Å²) in [6.45, 7) is 5.58. The van der Waals surface area contributed by atoms with Gasteiger partial charge in [0.05, 0.1) is 12.2 Å². The molecule has 0 amide bonds. The predicted molar refractivity (Wildman–Crippen MR) is 175 cm³/mol. The molecule has 208 valence electrons. The van der Waals surface area contributed by atoms with E-state index in [0.717, 1.165) is 64.9 Å². The number of benzene rings is 5. The monoisotopic (exact) mass is 613 g/mol. The average molecular weight is 615 g/mol. The Hall–Kier alpha value is -4.03. The number of rotatable bonds is 8. The van der Waals surface area contributed by atoms with E-state index in [1.54, 1.807) is 0 Å². The first kappa shape index (κ1) is 26.8. The molecule has 5 heteroatoms. The lowest BCUT2D eigenvalue weighted by molar-refractivity contribution is 0.235. The topological polar surface area (TPSA) is 28.6 Å². The molecule has 0 unspecified atom stereocenters. The van der Waals surface area contributed by atoms with Crippen molar-refractivity contribution in [3.8, 4) is 17.0 Å². The molecular formula is C37H32BrN3O. The lowest BCUT2D eigenvalue weighted by atomic mass is 10.0. The zero-order chi connectivity index (χ0) is 28.3. The Kier molecular flexibility index (Phi) is 7.71. The minimum absolute atomic E-state index is 0.454. The maximum absolute atomic E-state index is 6.49. The first-order valence-corrected chi connectivity index (χ1v) is 15.2. The number of nitrogens with zero attached hydrogens (tertiary/aromatic N) is 3. The van der Waals surface area contributed by atoms with E-state index in [9.17, 15) is 0 Å². The van der Waals surface area contributed by atoms with Gasteiger partial charge in [-0.3, -0.25) is 9.80 Å². The van der Waals surface area contributed by atoms with E-state index in [2.05, 4.69) is 135 Å². The van der Waals surface area contributed by atoms with E-state index in [1.807, 2.05) is 12.1 Å². The van der Waals surface area contributed by atoms with E-state index in [4.69, 9.17) is 9.72 Å². The third-order valence-electron chi connectivity index (χ3n) is 8.04. The number of pyridine rings is 1. The minimum atomic E-state index is 0.454. The normalized spacial score (nSPS) is 14.1. The quantitative estimate of drug-likeness (QED) is 0.172. The van der Waals surface area contributed by atoms with Gasteiger partial charge in [-0.25, -0.2) is 4.98 Å². The van der Waals surface area contributed by atoms with Crippen LogP contribution >= 0.6 is 15.9 Å². The average Bonchev–Trinajstić information content (AvgIpc) is 3.46. The van der Waals surface area contributed by atoms with Gasteiger partial charge in [0, 0.05) is 41.6 Å². The summed E-state index contributed by atoms with van der Waals surface area (Å²) in [6, 6.07) is 42.8. The zero-order valence-corrected chi connectivity index (χ0v) is 25.0. The third-order valence-corrected chi connectivity index (χ3v) is 8.53. The lowest BCUT2D eigenvalue weighted by Gasteiger charge is -2.18. The first-order valence-electron chi connectivity index (χ1n) is 14.5. The van der Waals surface area contributed by atoms with Crippen molar-refractivity contribution >= 4 is 37.6 Å². The molecule has 1 aliphatic rings. The first-order chi connectivity index (χ1) is 20.7. The van der Waals surface area contributed by atoms with Crippen LogP contribution < -0.4 is 4.74 Å². The SMILES string of the molecule is Brc1ccc2nc(OCc3cccc4ccccc34)c(-c3ccc(CN4CCN(Cc5ccccc5)C4)cc3)cc2c1. The summed E-state index contributed by atoms with van der Waals surface area (Å²) >= 11 is 3.62. The molecule has 1 fully saturated rings. The molecule has 7 rings (SSSR count). The van der Waals surface area contributed by atoms with Crippen molar-refractivity contribution in [3.63, 3.8) is 0 Å². The maximum Gasteiger partial charge on any atom is 0.222 e. The molecule has 6 aromatic rings. The molecule has 0 N–H and O–H groups in total. The number of aromatic nitrogens is 1. The van der Waals surface area contributed by atoms with Crippen molar-refractivity contribution in [2.75, 3.05) is 19.8 Å². The number of hydrogen-bond donors (Lipinski definition) is 0. The van der Waals surface area contributed by atoms with Gasteiger partial charge >= 0.3 is 0 Å². The fourth-order valence-electron chi connectivity index (χ4n) is 5.87. The van der Waals surface area contributed by atoms with E-state index < -0.39 is 0 Å². The molecule has 4 nitrogen and oxygen atoms in total.